The average molecular weight is 315 g/mol. The van der Waals surface area contributed by atoms with Crippen LogP contribution in [0, 0.1) is 20.8 Å². The minimum Gasteiger partial charge on any atom is -0.465 e. The third-order valence-corrected chi connectivity index (χ3v) is 3.78. The van der Waals surface area contributed by atoms with Crippen LogP contribution < -0.4 is 5.32 Å². The van der Waals surface area contributed by atoms with Gasteiger partial charge in [0.15, 0.2) is 6.61 Å². The Balaban J connectivity index is 1.90. The molecule has 2 rings (SSSR count). The molecule has 0 aliphatic heterocycles. The molecule has 1 aromatic heterocycles. The zero-order valence-electron chi connectivity index (χ0n) is 13.8. The van der Waals surface area contributed by atoms with Crippen molar-refractivity contribution >= 4 is 11.9 Å². The van der Waals surface area contributed by atoms with Gasteiger partial charge in [0.25, 0.3) is 5.91 Å². The highest BCUT2D eigenvalue weighted by atomic mass is 16.5. The highest BCUT2D eigenvalue weighted by Crippen LogP contribution is 2.21. The van der Waals surface area contributed by atoms with Crippen molar-refractivity contribution in [2.75, 3.05) is 6.61 Å². The predicted octanol–water partition coefficient (Wildman–Crippen LogP) is 3.24. The van der Waals surface area contributed by atoms with E-state index in [2.05, 4.69) is 5.32 Å². The smallest absolute Gasteiger partial charge is 0.342 e. The van der Waals surface area contributed by atoms with E-state index in [9.17, 15) is 9.59 Å². The monoisotopic (exact) mass is 315 g/mol. The number of ether oxygens (including phenoxy) is 1. The first-order chi connectivity index (χ1) is 10.9. The summed E-state index contributed by atoms with van der Waals surface area (Å²) in [4.78, 5) is 24.0. The molecule has 0 bridgehead atoms. The number of carbonyl (C=O) groups excluding carboxylic acids is 2. The molecular formula is C18H21NO4. The Morgan fingerprint density at radius 2 is 1.78 bits per heavy atom. The van der Waals surface area contributed by atoms with Gasteiger partial charge in [0.2, 0.25) is 0 Å². The minimum absolute atomic E-state index is 0.151. The molecule has 122 valence electrons. The zero-order valence-corrected chi connectivity index (χ0v) is 13.8. The number of esters is 1. The lowest BCUT2D eigenvalue weighted by Crippen LogP contribution is -2.31. The maximum Gasteiger partial charge on any atom is 0.342 e. The standard InChI is InChI=1S/C18H21NO4/c1-11-13(3)23-14(4)17(11)18(21)22-10-16(20)19-12(2)15-8-6-5-7-9-15/h5-9,12H,10H2,1-4H3,(H,19,20). The van der Waals surface area contributed by atoms with Crippen LogP contribution in [0.15, 0.2) is 34.7 Å². The second kappa shape index (κ2) is 7.13. The Bertz CT molecular complexity index is 703. The van der Waals surface area contributed by atoms with Crippen LogP contribution in [-0.2, 0) is 9.53 Å². The van der Waals surface area contributed by atoms with E-state index < -0.39 is 5.97 Å². The number of nitrogens with one attached hydrogen (secondary N) is 1. The normalized spacial score (nSPS) is 11.8. The number of amides is 1. The summed E-state index contributed by atoms with van der Waals surface area (Å²) in [5.41, 5.74) is 2.13. The lowest BCUT2D eigenvalue weighted by Gasteiger charge is -2.14. The third kappa shape index (κ3) is 4.00. The van der Waals surface area contributed by atoms with Gasteiger partial charge < -0.3 is 14.5 Å². The maximum atomic E-state index is 12.1. The van der Waals surface area contributed by atoms with Crippen LogP contribution >= 0.6 is 0 Å². The van der Waals surface area contributed by atoms with E-state index in [1.165, 1.54) is 0 Å². The molecule has 0 aliphatic rings. The van der Waals surface area contributed by atoms with E-state index in [4.69, 9.17) is 9.15 Å². The lowest BCUT2D eigenvalue weighted by molar-refractivity contribution is -0.124. The van der Waals surface area contributed by atoms with E-state index in [0.29, 0.717) is 17.1 Å². The van der Waals surface area contributed by atoms with Gasteiger partial charge in [-0.1, -0.05) is 30.3 Å². The quantitative estimate of drug-likeness (QED) is 0.860. The van der Waals surface area contributed by atoms with Crippen LogP contribution in [-0.4, -0.2) is 18.5 Å². The number of furan rings is 1. The Morgan fingerprint density at radius 3 is 2.35 bits per heavy atom. The summed E-state index contributed by atoms with van der Waals surface area (Å²) < 4.78 is 10.5. The van der Waals surface area contributed by atoms with Gasteiger partial charge in [-0.15, -0.1) is 0 Å². The molecule has 0 saturated heterocycles. The number of hydrogen-bond acceptors (Lipinski definition) is 4. The average Bonchev–Trinajstić information content (AvgIpc) is 2.78. The Labute approximate surface area is 135 Å². The Kier molecular flexibility index (Phi) is 5.21. The van der Waals surface area contributed by atoms with E-state index in [0.717, 1.165) is 11.1 Å². The predicted molar refractivity (Wildman–Crippen MR) is 86.2 cm³/mol. The highest BCUT2D eigenvalue weighted by molar-refractivity contribution is 5.93. The number of aryl methyl sites for hydroxylation is 2. The second-order valence-corrected chi connectivity index (χ2v) is 5.49. The fraction of sp³-hybridized carbons (Fsp3) is 0.333. The first-order valence-corrected chi connectivity index (χ1v) is 7.48. The molecule has 0 fully saturated rings. The van der Waals surface area contributed by atoms with Gasteiger partial charge in [-0.25, -0.2) is 4.79 Å². The van der Waals surface area contributed by atoms with Crippen LogP contribution in [0.3, 0.4) is 0 Å². The third-order valence-electron chi connectivity index (χ3n) is 3.78. The van der Waals surface area contributed by atoms with Gasteiger partial charge in [0.05, 0.1) is 6.04 Å². The van der Waals surface area contributed by atoms with E-state index in [1.54, 1.807) is 20.8 Å². The fourth-order valence-electron chi connectivity index (χ4n) is 2.41. The molecule has 5 heteroatoms. The van der Waals surface area contributed by atoms with Gasteiger partial charge in [-0.05, 0) is 33.3 Å². The molecule has 1 N–H and O–H groups in total. The first-order valence-electron chi connectivity index (χ1n) is 7.48. The summed E-state index contributed by atoms with van der Waals surface area (Å²) in [7, 11) is 0. The topological polar surface area (TPSA) is 68.5 Å². The number of benzene rings is 1. The van der Waals surface area contributed by atoms with Crippen molar-refractivity contribution in [1.82, 2.24) is 5.32 Å². The van der Waals surface area contributed by atoms with Crippen LogP contribution in [0.2, 0.25) is 0 Å². The molecule has 1 unspecified atom stereocenters. The van der Waals surface area contributed by atoms with Crippen molar-refractivity contribution in [2.45, 2.75) is 33.7 Å². The molecule has 2 aromatic rings. The number of hydrogen-bond donors (Lipinski definition) is 1. The molecule has 0 spiro atoms. The lowest BCUT2D eigenvalue weighted by atomic mass is 10.1. The number of carbonyl (C=O) groups is 2. The second-order valence-electron chi connectivity index (χ2n) is 5.49. The van der Waals surface area contributed by atoms with Crippen molar-refractivity contribution in [3.8, 4) is 0 Å². The van der Waals surface area contributed by atoms with Gasteiger partial charge in [-0.2, -0.15) is 0 Å². The largest absolute Gasteiger partial charge is 0.465 e. The molecule has 1 amide bonds. The molecule has 23 heavy (non-hydrogen) atoms. The van der Waals surface area contributed by atoms with Crippen LogP contribution in [0.1, 0.15) is 46.0 Å². The van der Waals surface area contributed by atoms with E-state index in [-0.39, 0.29) is 18.6 Å². The molecule has 5 nitrogen and oxygen atoms in total. The van der Waals surface area contributed by atoms with Gasteiger partial charge in [0, 0.05) is 5.56 Å². The summed E-state index contributed by atoms with van der Waals surface area (Å²) >= 11 is 0. The summed E-state index contributed by atoms with van der Waals surface area (Å²) in [6.07, 6.45) is 0. The highest BCUT2D eigenvalue weighted by Gasteiger charge is 2.21. The zero-order chi connectivity index (χ0) is 17.0. The molecular weight excluding hydrogens is 294 g/mol. The van der Waals surface area contributed by atoms with E-state index >= 15 is 0 Å². The maximum absolute atomic E-state index is 12.1. The first kappa shape index (κ1) is 16.8. The minimum atomic E-state index is -0.542. The number of rotatable bonds is 5. The molecule has 1 heterocycles. The summed E-state index contributed by atoms with van der Waals surface area (Å²) in [6, 6.07) is 9.44. The van der Waals surface area contributed by atoms with E-state index in [1.807, 2.05) is 37.3 Å². The van der Waals surface area contributed by atoms with Gasteiger partial charge in [-0.3, -0.25) is 4.79 Å². The van der Waals surface area contributed by atoms with Crippen LogP contribution in [0.4, 0.5) is 0 Å². The molecule has 0 aliphatic carbocycles. The van der Waals surface area contributed by atoms with Crippen molar-refractivity contribution < 1.29 is 18.7 Å². The molecule has 1 atom stereocenters. The summed E-state index contributed by atoms with van der Waals surface area (Å²) in [5.74, 6) is 0.296. The van der Waals surface area contributed by atoms with Crippen LogP contribution in [0.5, 0.6) is 0 Å². The van der Waals surface area contributed by atoms with Crippen molar-refractivity contribution in [1.29, 1.82) is 0 Å². The molecule has 0 saturated carbocycles. The summed E-state index contributed by atoms with van der Waals surface area (Å²) in [5, 5.41) is 2.80. The Morgan fingerprint density at radius 1 is 1.13 bits per heavy atom. The SMILES string of the molecule is Cc1oc(C)c(C(=O)OCC(=O)NC(C)c2ccccc2)c1C. The summed E-state index contributed by atoms with van der Waals surface area (Å²) in [6.45, 7) is 6.84. The molecule has 0 radical (unpaired) electrons. The fourth-order valence-corrected chi connectivity index (χ4v) is 2.41. The van der Waals surface area contributed by atoms with Crippen molar-refractivity contribution in [3.05, 3.63) is 58.5 Å². The van der Waals surface area contributed by atoms with Crippen molar-refractivity contribution in [3.63, 3.8) is 0 Å². The van der Waals surface area contributed by atoms with Gasteiger partial charge >= 0.3 is 5.97 Å². The van der Waals surface area contributed by atoms with Gasteiger partial charge in [0.1, 0.15) is 17.1 Å². The Hall–Kier alpha value is -2.56. The molecule has 1 aromatic carbocycles. The van der Waals surface area contributed by atoms with Crippen molar-refractivity contribution in [2.24, 2.45) is 0 Å². The van der Waals surface area contributed by atoms with Crippen LogP contribution in [0.25, 0.3) is 0 Å².